The molecule has 0 saturated heterocycles. The molecule has 0 fully saturated rings. The van der Waals surface area contributed by atoms with Crippen molar-refractivity contribution in [2.45, 2.75) is 32.9 Å². The van der Waals surface area contributed by atoms with E-state index in [-0.39, 0.29) is 0 Å². The van der Waals surface area contributed by atoms with Crippen molar-refractivity contribution in [3.8, 4) is 0 Å². The summed E-state index contributed by atoms with van der Waals surface area (Å²) >= 11 is 0. The molecule has 2 rings (SSSR count). The molecule has 1 aromatic carbocycles. The summed E-state index contributed by atoms with van der Waals surface area (Å²) in [5.74, 6) is 1.08. The minimum atomic E-state index is 0.974. The summed E-state index contributed by atoms with van der Waals surface area (Å²) < 4.78 is 5.46. The van der Waals surface area contributed by atoms with E-state index in [9.17, 15) is 0 Å². The number of furan rings is 1. The third-order valence-electron chi connectivity index (χ3n) is 3.19. The second-order valence-corrected chi connectivity index (χ2v) is 4.77. The molecule has 0 saturated carbocycles. The van der Waals surface area contributed by atoms with E-state index in [2.05, 4.69) is 43.3 Å². The Balaban J connectivity index is 1.96. The molecule has 0 aliphatic heterocycles. The van der Waals surface area contributed by atoms with Gasteiger partial charge in [-0.15, -0.1) is 0 Å². The van der Waals surface area contributed by atoms with E-state index in [1.54, 1.807) is 11.2 Å². The van der Waals surface area contributed by atoms with E-state index >= 15 is 0 Å². The van der Waals surface area contributed by atoms with E-state index in [0.717, 1.165) is 18.8 Å². The van der Waals surface area contributed by atoms with Crippen molar-refractivity contribution in [2.75, 3.05) is 6.54 Å². The first-order valence-electron chi connectivity index (χ1n) is 6.78. The van der Waals surface area contributed by atoms with Gasteiger partial charge in [0.25, 0.3) is 0 Å². The second-order valence-electron chi connectivity index (χ2n) is 4.77. The van der Waals surface area contributed by atoms with Crippen molar-refractivity contribution in [2.24, 2.45) is 0 Å². The number of quaternary nitrogens is 1. The first kappa shape index (κ1) is 12.9. The van der Waals surface area contributed by atoms with Crippen molar-refractivity contribution in [1.82, 2.24) is 0 Å². The molecule has 0 amide bonds. The topological polar surface area (TPSA) is 17.6 Å². The van der Waals surface area contributed by atoms with Gasteiger partial charge in [0.2, 0.25) is 0 Å². The minimum absolute atomic E-state index is 0.974. The Morgan fingerprint density at radius 3 is 2.50 bits per heavy atom. The maximum Gasteiger partial charge on any atom is 0.157 e. The van der Waals surface area contributed by atoms with Gasteiger partial charge in [-0.2, -0.15) is 0 Å². The molecule has 0 aliphatic carbocycles. The Bertz CT molecular complexity index is 422. The average molecular weight is 244 g/mol. The fraction of sp³-hybridized carbons (Fsp3) is 0.375. The predicted molar refractivity (Wildman–Crippen MR) is 73.3 cm³/mol. The normalized spacial score (nSPS) is 12.5. The summed E-state index contributed by atoms with van der Waals surface area (Å²) in [5, 5.41) is 0. The molecule has 1 N–H and O–H groups in total. The Hall–Kier alpha value is -1.54. The van der Waals surface area contributed by atoms with Gasteiger partial charge in [-0.3, -0.25) is 0 Å². The number of hydrogen-bond acceptors (Lipinski definition) is 1. The quantitative estimate of drug-likeness (QED) is 0.792. The maximum atomic E-state index is 5.46. The summed E-state index contributed by atoms with van der Waals surface area (Å²) in [6.45, 7) is 5.49. The van der Waals surface area contributed by atoms with Gasteiger partial charge in [-0.25, -0.2) is 0 Å². The largest absolute Gasteiger partial charge is 0.463 e. The van der Waals surface area contributed by atoms with Gasteiger partial charge in [0.05, 0.1) is 12.8 Å². The highest BCUT2D eigenvalue weighted by atomic mass is 16.3. The number of rotatable bonds is 7. The van der Waals surface area contributed by atoms with Gasteiger partial charge in [0.15, 0.2) is 5.76 Å². The van der Waals surface area contributed by atoms with Crippen LogP contribution in [0.3, 0.4) is 0 Å². The molecule has 0 radical (unpaired) electrons. The molecule has 1 aromatic heterocycles. The second kappa shape index (κ2) is 7.02. The number of unbranched alkanes of at least 4 members (excludes halogenated alkanes) is 1. The molecule has 1 atom stereocenters. The van der Waals surface area contributed by atoms with Crippen molar-refractivity contribution in [3.63, 3.8) is 0 Å². The van der Waals surface area contributed by atoms with Crippen LogP contribution in [0, 0.1) is 0 Å². The Morgan fingerprint density at radius 2 is 1.83 bits per heavy atom. The van der Waals surface area contributed by atoms with E-state index in [0.29, 0.717) is 0 Å². The van der Waals surface area contributed by atoms with Crippen LogP contribution in [0.1, 0.15) is 31.1 Å². The number of nitrogens with one attached hydrogen (secondary N) is 1. The lowest BCUT2D eigenvalue weighted by Gasteiger charge is -2.18. The number of hydrogen-bond donors (Lipinski definition) is 1. The van der Waals surface area contributed by atoms with Gasteiger partial charge in [0.1, 0.15) is 13.1 Å². The highest BCUT2D eigenvalue weighted by molar-refractivity contribution is 5.13. The van der Waals surface area contributed by atoms with Gasteiger partial charge < -0.3 is 9.32 Å². The molecule has 0 bridgehead atoms. The van der Waals surface area contributed by atoms with Crippen LogP contribution in [-0.4, -0.2) is 6.54 Å². The van der Waals surface area contributed by atoms with Crippen LogP contribution in [0.5, 0.6) is 0 Å². The van der Waals surface area contributed by atoms with E-state index in [1.807, 2.05) is 6.07 Å². The molecule has 2 nitrogen and oxygen atoms in total. The highest BCUT2D eigenvalue weighted by Gasteiger charge is 2.11. The third-order valence-corrected chi connectivity index (χ3v) is 3.19. The van der Waals surface area contributed by atoms with Gasteiger partial charge in [-0.05, 0) is 18.6 Å². The molecule has 2 aromatic rings. The van der Waals surface area contributed by atoms with Crippen LogP contribution in [0.4, 0.5) is 0 Å². The zero-order valence-electron chi connectivity index (χ0n) is 11.1. The minimum Gasteiger partial charge on any atom is -0.463 e. The third kappa shape index (κ3) is 4.04. The lowest BCUT2D eigenvalue weighted by molar-refractivity contribution is -0.928. The van der Waals surface area contributed by atoms with E-state index in [4.69, 9.17) is 4.42 Å². The first-order valence-corrected chi connectivity index (χ1v) is 6.78. The lowest BCUT2D eigenvalue weighted by atomic mass is 10.2. The Labute approximate surface area is 109 Å². The molecule has 2 heteroatoms. The standard InChI is InChI=1S/C16H21NO/c1-2-3-11-17(14-16-10-7-12-18-16)13-15-8-5-4-6-9-15/h4-10,12H,2-3,11,13-14H2,1H3/p+1. The summed E-state index contributed by atoms with van der Waals surface area (Å²) in [6.07, 6.45) is 4.27. The molecular weight excluding hydrogens is 222 g/mol. The van der Waals surface area contributed by atoms with Gasteiger partial charge in [-0.1, -0.05) is 43.7 Å². The number of benzene rings is 1. The zero-order valence-corrected chi connectivity index (χ0v) is 11.1. The van der Waals surface area contributed by atoms with Crippen LogP contribution in [0.2, 0.25) is 0 Å². The molecule has 96 valence electrons. The molecule has 0 spiro atoms. The van der Waals surface area contributed by atoms with Crippen molar-refractivity contribution >= 4 is 0 Å². The molecular formula is C16H22NO+. The van der Waals surface area contributed by atoms with Gasteiger partial charge in [0, 0.05) is 5.56 Å². The highest BCUT2D eigenvalue weighted by Crippen LogP contribution is 1.99. The Kier molecular flexibility index (Phi) is 5.03. The van der Waals surface area contributed by atoms with Crippen LogP contribution in [0.15, 0.2) is 53.1 Å². The molecule has 18 heavy (non-hydrogen) atoms. The fourth-order valence-electron chi connectivity index (χ4n) is 2.21. The van der Waals surface area contributed by atoms with Crippen LogP contribution in [0.25, 0.3) is 0 Å². The lowest BCUT2D eigenvalue weighted by Crippen LogP contribution is -3.09. The summed E-state index contributed by atoms with van der Waals surface area (Å²) in [5.41, 5.74) is 1.40. The maximum absolute atomic E-state index is 5.46. The van der Waals surface area contributed by atoms with Crippen LogP contribution < -0.4 is 4.90 Å². The van der Waals surface area contributed by atoms with E-state index in [1.165, 1.54) is 24.9 Å². The predicted octanol–water partition coefficient (Wildman–Crippen LogP) is 2.66. The first-order chi connectivity index (χ1) is 8.88. The molecule has 0 aliphatic rings. The average Bonchev–Trinajstić information content (AvgIpc) is 2.90. The summed E-state index contributed by atoms with van der Waals surface area (Å²) in [4.78, 5) is 1.57. The molecule has 1 heterocycles. The monoisotopic (exact) mass is 244 g/mol. The van der Waals surface area contributed by atoms with Crippen LogP contribution in [-0.2, 0) is 13.1 Å². The van der Waals surface area contributed by atoms with Crippen molar-refractivity contribution in [1.29, 1.82) is 0 Å². The Morgan fingerprint density at radius 1 is 1.00 bits per heavy atom. The fourth-order valence-corrected chi connectivity index (χ4v) is 2.21. The van der Waals surface area contributed by atoms with E-state index < -0.39 is 0 Å². The SMILES string of the molecule is CCCC[NH+](Cc1ccccc1)Cc1ccco1. The smallest absolute Gasteiger partial charge is 0.157 e. The van der Waals surface area contributed by atoms with Gasteiger partial charge >= 0.3 is 0 Å². The molecule has 1 unspecified atom stereocenters. The summed E-state index contributed by atoms with van der Waals surface area (Å²) in [7, 11) is 0. The summed E-state index contributed by atoms with van der Waals surface area (Å²) in [6, 6.07) is 14.7. The van der Waals surface area contributed by atoms with Crippen molar-refractivity contribution < 1.29 is 9.32 Å². The van der Waals surface area contributed by atoms with Crippen molar-refractivity contribution in [3.05, 3.63) is 60.1 Å². The zero-order chi connectivity index (χ0) is 12.6. The van der Waals surface area contributed by atoms with Crippen LogP contribution >= 0.6 is 0 Å².